The van der Waals surface area contributed by atoms with Gasteiger partial charge in [0.05, 0.1) is 0 Å². The first-order valence-electron chi connectivity index (χ1n) is 6.63. The second kappa shape index (κ2) is 7.27. The van der Waals surface area contributed by atoms with Crippen LogP contribution in [0.15, 0.2) is 28.7 Å². The predicted molar refractivity (Wildman–Crippen MR) is 82.6 cm³/mol. The van der Waals surface area contributed by atoms with Crippen LogP contribution in [0.25, 0.3) is 0 Å². The van der Waals surface area contributed by atoms with E-state index in [0.717, 1.165) is 16.9 Å². The van der Waals surface area contributed by atoms with E-state index < -0.39 is 0 Å². The van der Waals surface area contributed by atoms with Crippen LogP contribution in [0.1, 0.15) is 38.8 Å². The third-order valence-corrected chi connectivity index (χ3v) is 3.72. The molecule has 0 amide bonds. The lowest BCUT2D eigenvalue weighted by atomic mass is 9.99. The highest BCUT2D eigenvalue weighted by atomic mass is 79.9. The molecule has 2 N–H and O–H groups in total. The molecule has 18 heavy (non-hydrogen) atoms. The first-order chi connectivity index (χ1) is 8.41. The maximum atomic E-state index is 6.17. The molecule has 0 aliphatic rings. The van der Waals surface area contributed by atoms with Crippen molar-refractivity contribution in [3.05, 3.63) is 34.3 Å². The predicted octanol–water partition coefficient (Wildman–Crippen LogP) is 3.82. The van der Waals surface area contributed by atoms with E-state index in [1.165, 1.54) is 12.0 Å². The van der Waals surface area contributed by atoms with Gasteiger partial charge in [-0.2, -0.15) is 0 Å². The van der Waals surface area contributed by atoms with Crippen molar-refractivity contribution in [3.63, 3.8) is 0 Å². The van der Waals surface area contributed by atoms with Gasteiger partial charge in [0.1, 0.15) is 0 Å². The summed E-state index contributed by atoms with van der Waals surface area (Å²) in [5, 5.41) is 0. The van der Waals surface area contributed by atoms with Crippen LogP contribution < -0.4 is 5.73 Å². The molecule has 2 nitrogen and oxygen atoms in total. The van der Waals surface area contributed by atoms with Crippen molar-refractivity contribution in [1.82, 2.24) is 4.90 Å². The molecule has 1 aromatic rings. The third kappa shape index (κ3) is 4.71. The Balaban J connectivity index is 2.82. The maximum Gasteiger partial charge on any atom is 0.0494 e. The minimum atomic E-state index is 0.122. The molecule has 1 rings (SSSR count). The highest BCUT2D eigenvalue weighted by molar-refractivity contribution is 9.10. The van der Waals surface area contributed by atoms with Crippen LogP contribution in [0.4, 0.5) is 0 Å². The van der Waals surface area contributed by atoms with Gasteiger partial charge >= 0.3 is 0 Å². The van der Waals surface area contributed by atoms with Gasteiger partial charge in [-0.05, 0) is 50.6 Å². The van der Waals surface area contributed by atoms with Gasteiger partial charge in [0, 0.05) is 16.6 Å². The van der Waals surface area contributed by atoms with Gasteiger partial charge in [0.25, 0.3) is 0 Å². The van der Waals surface area contributed by atoms with Gasteiger partial charge < -0.3 is 5.73 Å². The average molecular weight is 313 g/mol. The zero-order valence-electron chi connectivity index (χ0n) is 11.9. The number of hydrogen-bond donors (Lipinski definition) is 1. The lowest BCUT2D eigenvalue weighted by molar-refractivity contribution is 0.208. The third-order valence-electron chi connectivity index (χ3n) is 3.22. The van der Waals surface area contributed by atoms with Gasteiger partial charge in [-0.3, -0.25) is 4.90 Å². The molecule has 0 radical (unpaired) electrons. The SMILES string of the molecule is CC(C)CCN(C)C(c1cccc(Br)c1)C(C)N. The molecule has 2 atom stereocenters. The molecule has 102 valence electrons. The average Bonchev–Trinajstić information content (AvgIpc) is 2.26. The molecule has 0 aliphatic heterocycles. The molecule has 0 spiro atoms. The number of nitrogens with zero attached hydrogens (tertiary/aromatic N) is 1. The Hall–Kier alpha value is -0.380. The van der Waals surface area contributed by atoms with Crippen molar-refractivity contribution in [2.24, 2.45) is 11.7 Å². The number of rotatable bonds is 6. The van der Waals surface area contributed by atoms with Crippen LogP contribution in [-0.4, -0.2) is 24.5 Å². The van der Waals surface area contributed by atoms with Crippen LogP contribution in [0.5, 0.6) is 0 Å². The molecule has 0 heterocycles. The summed E-state index contributed by atoms with van der Waals surface area (Å²) >= 11 is 3.53. The molecule has 3 heteroatoms. The second-order valence-electron chi connectivity index (χ2n) is 5.52. The number of likely N-dealkylation sites (N-methyl/N-ethyl adjacent to an activating group) is 1. The van der Waals surface area contributed by atoms with Crippen molar-refractivity contribution in [2.45, 2.75) is 39.3 Å². The zero-order valence-corrected chi connectivity index (χ0v) is 13.4. The van der Waals surface area contributed by atoms with E-state index in [1.807, 2.05) is 0 Å². The molecule has 2 unspecified atom stereocenters. The fourth-order valence-electron chi connectivity index (χ4n) is 2.25. The number of nitrogens with two attached hydrogens (primary N) is 1. The first-order valence-corrected chi connectivity index (χ1v) is 7.42. The normalized spacial score (nSPS) is 15.1. The lowest BCUT2D eigenvalue weighted by Crippen LogP contribution is -2.38. The molecule has 0 saturated carbocycles. The van der Waals surface area contributed by atoms with Gasteiger partial charge in [-0.25, -0.2) is 0 Å². The number of hydrogen-bond acceptors (Lipinski definition) is 2. The van der Waals surface area contributed by atoms with Crippen molar-refractivity contribution in [3.8, 4) is 0 Å². The second-order valence-corrected chi connectivity index (χ2v) is 6.44. The number of halogens is 1. The summed E-state index contributed by atoms with van der Waals surface area (Å²) in [7, 11) is 2.16. The van der Waals surface area contributed by atoms with E-state index >= 15 is 0 Å². The van der Waals surface area contributed by atoms with Crippen molar-refractivity contribution < 1.29 is 0 Å². The molecule has 0 aromatic heterocycles. The monoisotopic (exact) mass is 312 g/mol. The Morgan fingerprint density at radius 2 is 1.94 bits per heavy atom. The van der Waals surface area contributed by atoms with Crippen molar-refractivity contribution in [1.29, 1.82) is 0 Å². The summed E-state index contributed by atoms with van der Waals surface area (Å²) in [5.41, 5.74) is 7.45. The quantitative estimate of drug-likeness (QED) is 0.865. The zero-order chi connectivity index (χ0) is 13.7. The Morgan fingerprint density at radius 3 is 2.44 bits per heavy atom. The van der Waals surface area contributed by atoms with E-state index in [0.29, 0.717) is 0 Å². The Bertz CT molecular complexity index is 363. The molecule has 1 aromatic carbocycles. The number of benzene rings is 1. The highest BCUT2D eigenvalue weighted by Crippen LogP contribution is 2.25. The summed E-state index contributed by atoms with van der Waals surface area (Å²) < 4.78 is 1.11. The molecular weight excluding hydrogens is 288 g/mol. The minimum Gasteiger partial charge on any atom is -0.326 e. The fraction of sp³-hybridized carbons (Fsp3) is 0.600. The van der Waals surface area contributed by atoms with Crippen LogP contribution >= 0.6 is 15.9 Å². The highest BCUT2D eigenvalue weighted by Gasteiger charge is 2.21. The smallest absolute Gasteiger partial charge is 0.0494 e. The topological polar surface area (TPSA) is 29.3 Å². The first kappa shape index (κ1) is 15.7. The van der Waals surface area contributed by atoms with E-state index in [9.17, 15) is 0 Å². The van der Waals surface area contributed by atoms with Crippen molar-refractivity contribution in [2.75, 3.05) is 13.6 Å². The fourth-order valence-corrected chi connectivity index (χ4v) is 2.67. The summed E-state index contributed by atoms with van der Waals surface area (Å²) in [4.78, 5) is 2.37. The summed E-state index contributed by atoms with van der Waals surface area (Å²) in [6.07, 6.45) is 1.20. The van der Waals surface area contributed by atoms with Gasteiger partial charge in [0.15, 0.2) is 0 Å². The molecule has 0 aliphatic carbocycles. The standard InChI is InChI=1S/C15H25BrN2/c1-11(2)8-9-18(4)15(12(3)17)13-6-5-7-14(16)10-13/h5-7,10-12,15H,8-9,17H2,1-4H3. The lowest BCUT2D eigenvalue weighted by Gasteiger charge is -2.32. The van der Waals surface area contributed by atoms with E-state index in [4.69, 9.17) is 5.73 Å². The molecule has 0 saturated heterocycles. The minimum absolute atomic E-state index is 0.122. The van der Waals surface area contributed by atoms with Crippen LogP contribution in [-0.2, 0) is 0 Å². The van der Waals surface area contributed by atoms with Gasteiger partial charge in [-0.1, -0.05) is 41.9 Å². The van der Waals surface area contributed by atoms with E-state index in [1.54, 1.807) is 0 Å². The van der Waals surface area contributed by atoms with Crippen molar-refractivity contribution >= 4 is 15.9 Å². The van der Waals surface area contributed by atoms with Gasteiger partial charge in [-0.15, -0.1) is 0 Å². The van der Waals surface area contributed by atoms with Crippen LogP contribution in [0.2, 0.25) is 0 Å². The molecular formula is C15H25BrN2. The van der Waals surface area contributed by atoms with Gasteiger partial charge in [0.2, 0.25) is 0 Å². The molecule has 0 fully saturated rings. The summed E-state index contributed by atoms with van der Waals surface area (Å²) in [6.45, 7) is 7.68. The van der Waals surface area contributed by atoms with Crippen LogP contribution in [0, 0.1) is 5.92 Å². The van der Waals surface area contributed by atoms with Crippen LogP contribution in [0.3, 0.4) is 0 Å². The Labute approximate surface area is 120 Å². The van der Waals surface area contributed by atoms with E-state index in [2.05, 4.69) is 72.9 Å². The maximum absolute atomic E-state index is 6.17. The summed E-state index contributed by atoms with van der Waals surface area (Å²) in [6, 6.07) is 8.85. The molecule has 0 bridgehead atoms. The largest absolute Gasteiger partial charge is 0.326 e. The Kier molecular flexibility index (Phi) is 6.33. The Morgan fingerprint density at radius 1 is 1.28 bits per heavy atom. The summed E-state index contributed by atoms with van der Waals surface area (Å²) in [5.74, 6) is 0.726. The van der Waals surface area contributed by atoms with E-state index in [-0.39, 0.29) is 12.1 Å².